The fraction of sp³-hybridized carbons (Fsp3) is 0.143. The van der Waals surface area contributed by atoms with E-state index in [-0.39, 0.29) is 0 Å². The summed E-state index contributed by atoms with van der Waals surface area (Å²) in [5, 5.41) is 2.66. The number of ether oxygens (including phenoxy) is 1. The first kappa shape index (κ1) is 19.8. The van der Waals surface area contributed by atoms with E-state index in [2.05, 4.69) is 15.3 Å². The van der Waals surface area contributed by atoms with Gasteiger partial charge in [-0.3, -0.25) is 9.59 Å². The number of carbonyl (C=O) groups is 3. The molecule has 0 aliphatic carbocycles. The maximum atomic E-state index is 12.4. The molecule has 0 aliphatic heterocycles. The zero-order valence-electron chi connectivity index (χ0n) is 15.7. The molecule has 8 heteroatoms. The van der Waals surface area contributed by atoms with Crippen LogP contribution in [0.15, 0.2) is 60.9 Å². The number of imidazole rings is 1. The number of esters is 1. The van der Waals surface area contributed by atoms with Crippen molar-refractivity contribution in [2.24, 2.45) is 5.73 Å². The van der Waals surface area contributed by atoms with Gasteiger partial charge in [0.1, 0.15) is 5.82 Å². The van der Waals surface area contributed by atoms with Gasteiger partial charge < -0.3 is 20.8 Å². The van der Waals surface area contributed by atoms with Crippen LogP contribution in [0.1, 0.15) is 34.1 Å². The Bertz CT molecular complexity index is 996. The molecule has 1 heterocycles. The molecule has 0 bridgehead atoms. The van der Waals surface area contributed by atoms with Crippen molar-refractivity contribution in [3.8, 4) is 11.4 Å². The second-order valence-corrected chi connectivity index (χ2v) is 6.25. The van der Waals surface area contributed by atoms with Crippen LogP contribution in [0, 0.1) is 0 Å². The Morgan fingerprint density at radius 3 is 2.28 bits per heavy atom. The maximum Gasteiger partial charge on any atom is 0.338 e. The number of hydrogen-bond donors (Lipinski definition) is 3. The van der Waals surface area contributed by atoms with E-state index in [1.165, 1.54) is 12.1 Å². The molecule has 0 saturated carbocycles. The van der Waals surface area contributed by atoms with E-state index in [4.69, 9.17) is 10.5 Å². The fourth-order valence-electron chi connectivity index (χ4n) is 2.65. The molecule has 0 spiro atoms. The molecule has 3 rings (SSSR count). The normalized spacial score (nSPS) is 11.5. The van der Waals surface area contributed by atoms with E-state index in [0.29, 0.717) is 29.1 Å². The Balaban J connectivity index is 1.62. The molecule has 29 heavy (non-hydrogen) atoms. The monoisotopic (exact) mass is 392 g/mol. The second kappa shape index (κ2) is 8.83. The summed E-state index contributed by atoms with van der Waals surface area (Å²) in [4.78, 5) is 43.1. The van der Waals surface area contributed by atoms with Crippen LogP contribution >= 0.6 is 0 Å². The minimum atomic E-state index is -0.955. The number of carbonyl (C=O) groups excluding carboxylic acids is 3. The van der Waals surface area contributed by atoms with E-state index < -0.39 is 23.9 Å². The van der Waals surface area contributed by atoms with Crippen molar-refractivity contribution < 1.29 is 19.1 Å². The molecule has 0 saturated heterocycles. The second-order valence-electron chi connectivity index (χ2n) is 6.25. The SMILES string of the molecule is CCC(OC(=O)c1ccc(-c2ncc[nH]2)cc1)C(=O)Nc1ccc(C(N)=O)cc1. The standard InChI is InChI=1S/C21H20N4O4/c1-2-17(20(27)25-16-9-7-13(8-10-16)18(22)26)29-21(28)15-5-3-14(4-6-15)19-23-11-12-24-19/h3-12,17H,2H2,1H3,(H2,22,26)(H,23,24)(H,25,27). The van der Waals surface area contributed by atoms with Gasteiger partial charge in [0.2, 0.25) is 5.91 Å². The first-order valence-corrected chi connectivity index (χ1v) is 8.99. The molecule has 2 amide bonds. The number of nitrogens with one attached hydrogen (secondary N) is 2. The number of anilines is 1. The fourth-order valence-corrected chi connectivity index (χ4v) is 2.65. The Morgan fingerprint density at radius 1 is 1.07 bits per heavy atom. The highest BCUT2D eigenvalue weighted by Crippen LogP contribution is 2.17. The van der Waals surface area contributed by atoms with Crippen molar-refractivity contribution in [3.05, 3.63) is 72.1 Å². The quantitative estimate of drug-likeness (QED) is 0.533. The Morgan fingerprint density at radius 2 is 1.72 bits per heavy atom. The van der Waals surface area contributed by atoms with Gasteiger partial charge in [-0.2, -0.15) is 0 Å². The van der Waals surface area contributed by atoms with Crippen molar-refractivity contribution in [1.82, 2.24) is 9.97 Å². The molecule has 2 aromatic carbocycles. The van der Waals surface area contributed by atoms with Crippen molar-refractivity contribution in [2.45, 2.75) is 19.4 Å². The summed E-state index contributed by atoms with van der Waals surface area (Å²) in [7, 11) is 0. The van der Waals surface area contributed by atoms with Gasteiger partial charge in [-0.15, -0.1) is 0 Å². The molecule has 1 atom stereocenters. The Kier molecular flexibility index (Phi) is 6.03. The number of nitrogens with two attached hydrogens (primary N) is 1. The summed E-state index contributed by atoms with van der Waals surface area (Å²) in [5.74, 6) is -0.915. The number of primary amides is 1. The van der Waals surface area contributed by atoms with Crippen LogP contribution in [0.4, 0.5) is 5.69 Å². The topological polar surface area (TPSA) is 127 Å². The summed E-state index contributed by atoms with van der Waals surface area (Å²) in [6.07, 6.45) is 2.71. The van der Waals surface area contributed by atoms with E-state index in [0.717, 1.165) is 5.56 Å². The zero-order chi connectivity index (χ0) is 20.8. The van der Waals surface area contributed by atoms with E-state index in [1.807, 2.05) is 0 Å². The van der Waals surface area contributed by atoms with Crippen LogP contribution in [0.3, 0.4) is 0 Å². The summed E-state index contributed by atoms with van der Waals surface area (Å²) >= 11 is 0. The lowest BCUT2D eigenvalue weighted by atomic mass is 10.1. The molecule has 0 radical (unpaired) electrons. The third-order valence-corrected chi connectivity index (χ3v) is 4.24. The number of hydrogen-bond acceptors (Lipinski definition) is 5. The third-order valence-electron chi connectivity index (χ3n) is 4.24. The van der Waals surface area contributed by atoms with Crippen LogP contribution in [-0.2, 0) is 9.53 Å². The van der Waals surface area contributed by atoms with Crippen molar-refractivity contribution in [2.75, 3.05) is 5.32 Å². The third kappa shape index (κ3) is 4.86. The predicted molar refractivity (Wildman–Crippen MR) is 107 cm³/mol. The van der Waals surface area contributed by atoms with E-state index >= 15 is 0 Å². The predicted octanol–water partition coefficient (Wildman–Crippen LogP) is 2.75. The molecular weight excluding hydrogens is 372 g/mol. The highest BCUT2D eigenvalue weighted by Gasteiger charge is 2.22. The van der Waals surface area contributed by atoms with E-state index in [1.54, 1.807) is 55.7 Å². The van der Waals surface area contributed by atoms with Crippen LogP contribution in [-0.4, -0.2) is 33.9 Å². The maximum absolute atomic E-state index is 12.4. The minimum absolute atomic E-state index is 0.307. The number of aromatic nitrogens is 2. The molecule has 4 N–H and O–H groups in total. The van der Waals surface area contributed by atoms with Gasteiger partial charge >= 0.3 is 5.97 Å². The van der Waals surface area contributed by atoms with Crippen molar-refractivity contribution in [3.63, 3.8) is 0 Å². The molecule has 3 aromatic rings. The van der Waals surface area contributed by atoms with Crippen LogP contribution in [0.2, 0.25) is 0 Å². The molecular formula is C21H20N4O4. The van der Waals surface area contributed by atoms with Gasteiger partial charge in [0.15, 0.2) is 6.10 Å². The van der Waals surface area contributed by atoms with Gasteiger partial charge in [0.25, 0.3) is 5.91 Å². The lowest BCUT2D eigenvalue weighted by Crippen LogP contribution is -2.32. The van der Waals surface area contributed by atoms with Crippen LogP contribution in [0.5, 0.6) is 0 Å². The van der Waals surface area contributed by atoms with Gasteiger partial charge in [-0.05, 0) is 42.8 Å². The summed E-state index contributed by atoms with van der Waals surface area (Å²) < 4.78 is 5.36. The summed E-state index contributed by atoms with van der Waals surface area (Å²) in [5.41, 5.74) is 7.16. The van der Waals surface area contributed by atoms with Gasteiger partial charge in [-0.1, -0.05) is 19.1 Å². The largest absolute Gasteiger partial charge is 0.449 e. The van der Waals surface area contributed by atoms with Gasteiger partial charge in [0, 0.05) is 29.2 Å². The summed E-state index contributed by atoms with van der Waals surface area (Å²) in [6.45, 7) is 1.74. The lowest BCUT2D eigenvalue weighted by molar-refractivity contribution is -0.124. The van der Waals surface area contributed by atoms with Crippen molar-refractivity contribution >= 4 is 23.5 Å². The average molecular weight is 392 g/mol. The highest BCUT2D eigenvalue weighted by molar-refractivity contribution is 5.98. The molecule has 1 unspecified atom stereocenters. The minimum Gasteiger partial charge on any atom is -0.449 e. The van der Waals surface area contributed by atoms with Crippen LogP contribution in [0.25, 0.3) is 11.4 Å². The highest BCUT2D eigenvalue weighted by atomic mass is 16.5. The number of amides is 2. The lowest BCUT2D eigenvalue weighted by Gasteiger charge is -2.16. The number of rotatable bonds is 7. The van der Waals surface area contributed by atoms with Gasteiger partial charge in [-0.25, -0.2) is 9.78 Å². The molecule has 0 fully saturated rings. The van der Waals surface area contributed by atoms with Gasteiger partial charge in [0.05, 0.1) is 5.56 Å². The Labute approximate surface area is 167 Å². The summed E-state index contributed by atoms with van der Waals surface area (Å²) in [6, 6.07) is 12.9. The first-order valence-electron chi connectivity index (χ1n) is 8.99. The zero-order valence-corrected chi connectivity index (χ0v) is 15.7. The number of nitrogens with zero attached hydrogens (tertiary/aromatic N) is 1. The van der Waals surface area contributed by atoms with Crippen molar-refractivity contribution in [1.29, 1.82) is 0 Å². The molecule has 1 aromatic heterocycles. The van der Waals surface area contributed by atoms with E-state index in [9.17, 15) is 14.4 Å². The number of benzene rings is 2. The average Bonchev–Trinajstić information content (AvgIpc) is 3.27. The van der Waals surface area contributed by atoms with Crippen LogP contribution < -0.4 is 11.1 Å². The smallest absolute Gasteiger partial charge is 0.338 e. The first-order chi connectivity index (χ1) is 14.0. The number of H-pyrrole nitrogens is 1. The number of aromatic amines is 1. The molecule has 148 valence electrons. The Hall–Kier alpha value is -3.94. The molecule has 0 aliphatic rings. The molecule has 8 nitrogen and oxygen atoms in total.